The van der Waals surface area contributed by atoms with E-state index >= 15 is 0 Å². The van der Waals surface area contributed by atoms with Crippen molar-refractivity contribution in [2.75, 3.05) is 6.54 Å². The van der Waals surface area contributed by atoms with E-state index in [0.717, 1.165) is 19.4 Å². The van der Waals surface area contributed by atoms with E-state index in [2.05, 4.69) is 58.6 Å². The molecule has 1 N–H and O–H groups in total. The van der Waals surface area contributed by atoms with Gasteiger partial charge in [0.1, 0.15) is 0 Å². The number of nitrogens with one attached hydrogen (secondary N) is 1. The van der Waals surface area contributed by atoms with Crippen molar-refractivity contribution < 1.29 is 0 Å². The molecule has 0 saturated heterocycles. The molecule has 0 aliphatic carbocycles. The molecule has 0 aromatic heterocycles. The van der Waals surface area contributed by atoms with Gasteiger partial charge in [-0.15, -0.1) is 0 Å². The molecule has 1 heteroatoms. The van der Waals surface area contributed by atoms with Crippen molar-refractivity contribution in [1.29, 1.82) is 0 Å². The molecule has 0 fully saturated rings. The third-order valence-corrected chi connectivity index (χ3v) is 3.72. The van der Waals surface area contributed by atoms with Crippen molar-refractivity contribution in [2.45, 2.75) is 59.9 Å². The monoisotopic (exact) mass is 259 g/mol. The molecular formula is C18H29N. The number of rotatable bonds is 7. The molecule has 0 spiro atoms. The van der Waals surface area contributed by atoms with Gasteiger partial charge in [0.25, 0.3) is 0 Å². The minimum atomic E-state index is 0.410. The normalized spacial score (nSPS) is 12.5. The Labute approximate surface area is 119 Å². The summed E-state index contributed by atoms with van der Waals surface area (Å²) < 4.78 is 0. The first-order valence-electron chi connectivity index (χ1n) is 7.47. The second-order valence-corrected chi connectivity index (χ2v) is 5.63. The molecule has 0 heterocycles. The van der Waals surface area contributed by atoms with Crippen molar-refractivity contribution >= 4 is 0 Å². The topological polar surface area (TPSA) is 12.0 Å². The SMILES string of the molecule is C=C(CC)CC(NCCC)c1c(C)cc(C)cc1C. The third kappa shape index (κ3) is 4.50. The van der Waals surface area contributed by atoms with E-state index in [4.69, 9.17) is 0 Å². The van der Waals surface area contributed by atoms with Gasteiger partial charge < -0.3 is 5.32 Å². The molecule has 1 nitrogen and oxygen atoms in total. The fourth-order valence-electron chi connectivity index (χ4n) is 2.77. The quantitative estimate of drug-likeness (QED) is 0.679. The second-order valence-electron chi connectivity index (χ2n) is 5.63. The first kappa shape index (κ1) is 16.0. The lowest BCUT2D eigenvalue weighted by Gasteiger charge is -2.24. The minimum Gasteiger partial charge on any atom is -0.310 e. The van der Waals surface area contributed by atoms with Gasteiger partial charge in [-0.05, 0) is 63.3 Å². The van der Waals surface area contributed by atoms with E-state index < -0.39 is 0 Å². The van der Waals surface area contributed by atoms with Gasteiger partial charge in [0.15, 0.2) is 0 Å². The number of aryl methyl sites for hydroxylation is 3. The average molecular weight is 259 g/mol. The molecule has 0 aliphatic heterocycles. The first-order chi connectivity index (χ1) is 8.99. The molecule has 1 rings (SSSR count). The Morgan fingerprint density at radius 1 is 1.16 bits per heavy atom. The Hall–Kier alpha value is -1.08. The molecule has 1 aromatic carbocycles. The highest BCUT2D eigenvalue weighted by Crippen LogP contribution is 2.28. The van der Waals surface area contributed by atoms with Crippen LogP contribution < -0.4 is 5.32 Å². The molecule has 0 radical (unpaired) electrons. The van der Waals surface area contributed by atoms with E-state index in [-0.39, 0.29) is 0 Å². The Balaban J connectivity index is 3.05. The summed E-state index contributed by atoms with van der Waals surface area (Å²) in [6.07, 6.45) is 3.27. The van der Waals surface area contributed by atoms with Crippen LogP contribution in [0.1, 0.15) is 61.4 Å². The summed E-state index contributed by atoms with van der Waals surface area (Å²) >= 11 is 0. The van der Waals surface area contributed by atoms with E-state index in [9.17, 15) is 0 Å². The van der Waals surface area contributed by atoms with Gasteiger partial charge in [-0.25, -0.2) is 0 Å². The lowest BCUT2D eigenvalue weighted by molar-refractivity contribution is 0.519. The summed E-state index contributed by atoms with van der Waals surface area (Å²) in [7, 11) is 0. The number of benzene rings is 1. The van der Waals surface area contributed by atoms with Gasteiger partial charge >= 0.3 is 0 Å². The van der Waals surface area contributed by atoms with Crippen molar-refractivity contribution in [1.82, 2.24) is 5.32 Å². The molecule has 19 heavy (non-hydrogen) atoms. The summed E-state index contributed by atoms with van der Waals surface area (Å²) in [6.45, 7) is 16.3. The van der Waals surface area contributed by atoms with E-state index in [1.165, 1.54) is 34.2 Å². The van der Waals surface area contributed by atoms with E-state index in [1.54, 1.807) is 0 Å². The van der Waals surface area contributed by atoms with Gasteiger partial charge in [-0.2, -0.15) is 0 Å². The van der Waals surface area contributed by atoms with Crippen molar-refractivity contribution in [3.63, 3.8) is 0 Å². The van der Waals surface area contributed by atoms with Gasteiger partial charge in [0, 0.05) is 6.04 Å². The first-order valence-corrected chi connectivity index (χ1v) is 7.47. The van der Waals surface area contributed by atoms with E-state index in [1.807, 2.05) is 0 Å². The lowest BCUT2D eigenvalue weighted by atomic mass is 9.90. The Morgan fingerprint density at radius 2 is 1.74 bits per heavy atom. The lowest BCUT2D eigenvalue weighted by Crippen LogP contribution is -2.24. The number of hydrogen-bond acceptors (Lipinski definition) is 1. The van der Waals surface area contributed by atoms with Gasteiger partial charge in [0.2, 0.25) is 0 Å². The maximum absolute atomic E-state index is 4.18. The third-order valence-electron chi connectivity index (χ3n) is 3.72. The maximum Gasteiger partial charge on any atom is 0.0362 e. The molecule has 0 aliphatic rings. The van der Waals surface area contributed by atoms with Gasteiger partial charge in [0.05, 0.1) is 0 Å². The summed E-state index contributed by atoms with van der Waals surface area (Å²) in [5.41, 5.74) is 6.94. The molecule has 1 unspecified atom stereocenters. The number of hydrogen-bond donors (Lipinski definition) is 1. The van der Waals surface area contributed by atoms with Crippen LogP contribution >= 0.6 is 0 Å². The van der Waals surface area contributed by atoms with Crippen molar-refractivity contribution in [2.24, 2.45) is 0 Å². The van der Waals surface area contributed by atoms with Crippen LogP contribution in [0.4, 0.5) is 0 Å². The van der Waals surface area contributed by atoms with Crippen LogP contribution in [0, 0.1) is 20.8 Å². The average Bonchev–Trinajstić information content (AvgIpc) is 2.34. The Kier molecular flexibility index (Phi) is 6.30. The predicted molar refractivity (Wildman–Crippen MR) is 85.7 cm³/mol. The smallest absolute Gasteiger partial charge is 0.0362 e. The zero-order valence-electron chi connectivity index (χ0n) is 13.3. The van der Waals surface area contributed by atoms with E-state index in [0.29, 0.717) is 6.04 Å². The van der Waals surface area contributed by atoms with Crippen LogP contribution in [-0.2, 0) is 0 Å². The highest BCUT2D eigenvalue weighted by molar-refractivity contribution is 5.40. The van der Waals surface area contributed by atoms with Crippen molar-refractivity contribution in [3.8, 4) is 0 Å². The highest BCUT2D eigenvalue weighted by atomic mass is 14.9. The summed E-state index contributed by atoms with van der Waals surface area (Å²) in [5, 5.41) is 3.69. The minimum absolute atomic E-state index is 0.410. The maximum atomic E-state index is 4.18. The Morgan fingerprint density at radius 3 is 2.21 bits per heavy atom. The zero-order valence-corrected chi connectivity index (χ0v) is 13.3. The summed E-state index contributed by atoms with van der Waals surface area (Å²) in [5.74, 6) is 0. The molecule has 0 amide bonds. The fraction of sp³-hybridized carbons (Fsp3) is 0.556. The molecule has 1 aromatic rings. The highest BCUT2D eigenvalue weighted by Gasteiger charge is 2.16. The standard InChI is InChI=1S/C18H29N/c1-7-9-19-17(12-13(3)8-2)18-15(5)10-14(4)11-16(18)6/h10-11,17,19H,3,7-9,12H2,1-2,4-6H3. The summed E-state index contributed by atoms with van der Waals surface area (Å²) in [6, 6.07) is 4.99. The van der Waals surface area contributed by atoms with Crippen LogP contribution in [0.2, 0.25) is 0 Å². The fourth-order valence-corrected chi connectivity index (χ4v) is 2.77. The summed E-state index contributed by atoms with van der Waals surface area (Å²) in [4.78, 5) is 0. The zero-order chi connectivity index (χ0) is 14.4. The molecule has 1 atom stereocenters. The molecule has 106 valence electrons. The largest absolute Gasteiger partial charge is 0.310 e. The Bertz CT molecular complexity index is 408. The van der Waals surface area contributed by atoms with Crippen molar-refractivity contribution in [3.05, 3.63) is 46.5 Å². The molecule has 0 bridgehead atoms. The van der Waals surface area contributed by atoms with Gasteiger partial charge in [-0.1, -0.05) is 43.7 Å². The van der Waals surface area contributed by atoms with Crippen LogP contribution in [-0.4, -0.2) is 6.54 Å². The van der Waals surface area contributed by atoms with Gasteiger partial charge in [-0.3, -0.25) is 0 Å². The molecule has 0 saturated carbocycles. The predicted octanol–water partition coefficient (Wildman–Crippen LogP) is 5.01. The van der Waals surface area contributed by atoms with Crippen LogP contribution in [0.5, 0.6) is 0 Å². The van der Waals surface area contributed by atoms with Crippen LogP contribution in [0.3, 0.4) is 0 Å². The van der Waals surface area contributed by atoms with Crippen LogP contribution in [0.25, 0.3) is 0 Å². The second kappa shape index (κ2) is 7.49. The van der Waals surface area contributed by atoms with Crippen LogP contribution in [0.15, 0.2) is 24.3 Å². The molecular weight excluding hydrogens is 230 g/mol.